The molecule has 2 heteroatoms. The van der Waals surface area contributed by atoms with E-state index in [2.05, 4.69) is 24.4 Å². The number of hydrogen-bond acceptors (Lipinski definition) is 1. The topological polar surface area (TPSA) is 12.0 Å². The molecule has 0 unspecified atom stereocenters. The van der Waals surface area contributed by atoms with Crippen molar-refractivity contribution < 1.29 is 0 Å². The first-order valence-electron chi connectivity index (χ1n) is 6.66. The summed E-state index contributed by atoms with van der Waals surface area (Å²) in [4.78, 5) is 0. The van der Waals surface area contributed by atoms with E-state index in [9.17, 15) is 0 Å². The molecule has 0 saturated heterocycles. The molecule has 1 N–H and O–H groups in total. The third-order valence-electron chi connectivity index (χ3n) is 4.54. The average molecular weight is 250 g/mol. The van der Waals surface area contributed by atoms with Crippen LogP contribution in [-0.4, -0.2) is 13.1 Å². The van der Waals surface area contributed by atoms with E-state index in [1.807, 2.05) is 12.1 Å². The lowest BCUT2D eigenvalue weighted by molar-refractivity contribution is 0.117. The van der Waals surface area contributed by atoms with Crippen LogP contribution in [0, 0.1) is 5.41 Å². The van der Waals surface area contributed by atoms with Crippen LogP contribution in [0.15, 0.2) is 24.3 Å². The van der Waals surface area contributed by atoms with Gasteiger partial charge >= 0.3 is 0 Å². The van der Waals surface area contributed by atoms with E-state index in [0.29, 0.717) is 10.8 Å². The predicted molar refractivity (Wildman–Crippen MR) is 72.6 cm³/mol. The van der Waals surface area contributed by atoms with Gasteiger partial charge in [0, 0.05) is 17.0 Å². The Labute approximate surface area is 109 Å². The zero-order chi connectivity index (χ0) is 11.9. The van der Waals surface area contributed by atoms with Gasteiger partial charge in [-0.15, -0.1) is 0 Å². The van der Waals surface area contributed by atoms with Crippen LogP contribution in [-0.2, 0) is 5.41 Å². The molecule has 2 saturated carbocycles. The molecule has 0 heterocycles. The van der Waals surface area contributed by atoms with Crippen molar-refractivity contribution in [2.24, 2.45) is 5.41 Å². The predicted octanol–water partition coefficient (Wildman–Crippen LogP) is 3.76. The van der Waals surface area contributed by atoms with Gasteiger partial charge in [-0.2, -0.15) is 0 Å². The molecule has 3 rings (SSSR count). The fourth-order valence-corrected chi connectivity index (χ4v) is 3.92. The lowest BCUT2D eigenvalue weighted by Gasteiger charge is -2.50. The van der Waals surface area contributed by atoms with Crippen LogP contribution in [0.5, 0.6) is 0 Å². The minimum atomic E-state index is 0.310. The van der Waals surface area contributed by atoms with Crippen molar-refractivity contribution in [1.29, 1.82) is 0 Å². The molecule has 0 aromatic heterocycles. The first kappa shape index (κ1) is 11.6. The van der Waals surface area contributed by atoms with Crippen molar-refractivity contribution in [3.63, 3.8) is 0 Å². The standard InChI is InChI=1S/C15H20ClN/c1-2-17-11-15(9-14(10-15)7-8-14)12-5-3-4-6-13(12)16/h3-6,17H,2,7-11H2,1H3. The molecule has 0 amide bonds. The average Bonchev–Trinajstić information content (AvgIpc) is 3.05. The van der Waals surface area contributed by atoms with Gasteiger partial charge in [-0.3, -0.25) is 0 Å². The SMILES string of the molecule is CCNCC1(c2ccccc2Cl)CC2(CC2)C1. The molecule has 0 aliphatic heterocycles. The monoisotopic (exact) mass is 249 g/mol. The molecule has 2 aliphatic rings. The summed E-state index contributed by atoms with van der Waals surface area (Å²) < 4.78 is 0. The number of nitrogens with one attached hydrogen (secondary N) is 1. The quantitative estimate of drug-likeness (QED) is 0.857. The van der Waals surface area contributed by atoms with E-state index in [4.69, 9.17) is 11.6 Å². The van der Waals surface area contributed by atoms with E-state index < -0.39 is 0 Å². The summed E-state index contributed by atoms with van der Waals surface area (Å²) >= 11 is 6.39. The van der Waals surface area contributed by atoms with Crippen molar-refractivity contribution in [1.82, 2.24) is 5.32 Å². The van der Waals surface area contributed by atoms with E-state index in [0.717, 1.165) is 18.1 Å². The number of benzene rings is 1. The summed E-state index contributed by atoms with van der Waals surface area (Å²) in [7, 11) is 0. The van der Waals surface area contributed by atoms with Gasteiger partial charge in [0.2, 0.25) is 0 Å². The summed E-state index contributed by atoms with van der Waals surface area (Å²) in [6.45, 7) is 4.29. The fraction of sp³-hybridized carbons (Fsp3) is 0.600. The highest BCUT2D eigenvalue weighted by Crippen LogP contribution is 2.69. The van der Waals surface area contributed by atoms with Crippen LogP contribution in [0.4, 0.5) is 0 Å². The molecule has 17 heavy (non-hydrogen) atoms. The summed E-state index contributed by atoms with van der Waals surface area (Å²) in [5.74, 6) is 0. The Morgan fingerprint density at radius 3 is 2.53 bits per heavy atom. The normalized spacial score (nSPS) is 23.4. The highest BCUT2D eigenvalue weighted by molar-refractivity contribution is 6.31. The van der Waals surface area contributed by atoms with Gasteiger partial charge in [-0.05, 0) is 49.3 Å². The third-order valence-corrected chi connectivity index (χ3v) is 4.87. The Bertz CT molecular complexity index is 415. The second-order valence-corrected chi connectivity index (χ2v) is 6.30. The van der Waals surface area contributed by atoms with E-state index in [1.54, 1.807) is 0 Å². The van der Waals surface area contributed by atoms with Crippen LogP contribution in [0.25, 0.3) is 0 Å². The number of hydrogen-bond donors (Lipinski definition) is 1. The van der Waals surface area contributed by atoms with Crippen molar-refractivity contribution in [3.05, 3.63) is 34.9 Å². The molecule has 2 fully saturated rings. The molecule has 92 valence electrons. The Morgan fingerprint density at radius 2 is 1.94 bits per heavy atom. The number of likely N-dealkylation sites (N-methyl/N-ethyl adjacent to an activating group) is 1. The highest BCUT2D eigenvalue weighted by Gasteiger charge is 2.61. The van der Waals surface area contributed by atoms with Crippen molar-refractivity contribution in [2.45, 2.75) is 38.0 Å². The second-order valence-electron chi connectivity index (χ2n) is 5.89. The first-order chi connectivity index (χ1) is 8.20. The number of halogens is 1. The molecule has 1 aromatic carbocycles. The summed E-state index contributed by atoms with van der Waals surface area (Å²) in [6, 6.07) is 8.39. The maximum atomic E-state index is 6.39. The zero-order valence-corrected chi connectivity index (χ0v) is 11.2. The van der Waals surface area contributed by atoms with Gasteiger partial charge in [0.25, 0.3) is 0 Å². The maximum absolute atomic E-state index is 6.39. The van der Waals surface area contributed by atoms with Gasteiger partial charge in [-0.25, -0.2) is 0 Å². The smallest absolute Gasteiger partial charge is 0.0444 e. The fourth-order valence-electron chi connectivity index (χ4n) is 3.58. The van der Waals surface area contributed by atoms with Crippen molar-refractivity contribution >= 4 is 11.6 Å². The van der Waals surface area contributed by atoms with Crippen LogP contribution in [0.1, 0.15) is 38.2 Å². The van der Waals surface area contributed by atoms with E-state index >= 15 is 0 Å². The molecule has 0 atom stereocenters. The minimum Gasteiger partial charge on any atom is -0.316 e. The summed E-state index contributed by atoms with van der Waals surface area (Å²) in [5, 5.41) is 4.47. The molecule has 1 aromatic rings. The van der Waals surface area contributed by atoms with Crippen molar-refractivity contribution in [3.8, 4) is 0 Å². The van der Waals surface area contributed by atoms with Crippen LogP contribution in [0.2, 0.25) is 5.02 Å². The molecular weight excluding hydrogens is 230 g/mol. The van der Waals surface area contributed by atoms with Gasteiger partial charge in [-0.1, -0.05) is 36.7 Å². The number of rotatable bonds is 4. The Hall–Kier alpha value is -0.530. The molecule has 1 nitrogen and oxygen atoms in total. The molecular formula is C15H20ClN. The summed E-state index contributed by atoms with van der Waals surface area (Å²) in [5.41, 5.74) is 2.37. The summed E-state index contributed by atoms with van der Waals surface area (Å²) in [6.07, 6.45) is 5.53. The van der Waals surface area contributed by atoms with E-state index in [-0.39, 0.29) is 0 Å². The van der Waals surface area contributed by atoms with Crippen LogP contribution in [0.3, 0.4) is 0 Å². The van der Waals surface area contributed by atoms with Crippen LogP contribution >= 0.6 is 11.6 Å². The Balaban J connectivity index is 1.86. The molecule has 2 aliphatic carbocycles. The van der Waals surface area contributed by atoms with Crippen LogP contribution < -0.4 is 5.32 Å². The Kier molecular flexibility index (Phi) is 2.72. The molecule has 1 spiro atoms. The lowest BCUT2D eigenvalue weighted by atomic mass is 9.56. The van der Waals surface area contributed by atoms with E-state index in [1.165, 1.54) is 31.2 Å². The largest absolute Gasteiger partial charge is 0.316 e. The molecule has 0 radical (unpaired) electrons. The Morgan fingerprint density at radius 1 is 1.24 bits per heavy atom. The minimum absolute atomic E-state index is 0.310. The second kappa shape index (κ2) is 4.00. The maximum Gasteiger partial charge on any atom is 0.0444 e. The van der Waals surface area contributed by atoms with Gasteiger partial charge < -0.3 is 5.32 Å². The van der Waals surface area contributed by atoms with Gasteiger partial charge in [0.05, 0.1) is 0 Å². The highest BCUT2D eigenvalue weighted by atomic mass is 35.5. The van der Waals surface area contributed by atoms with Gasteiger partial charge in [0.1, 0.15) is 0 Å². The first-order valence-corrected chi connectivity index (χ1v) is 7.03. The van der Waals surface area contributed by atoms with Gasteiger partial charge in [0.15, 0.2) is 0 Å². The zero-order valence-electron chi connectivity index (χ0n) is 10.4. The third kappa shape index (κ3) is 1.90. The lowest BCUT2D eigenvalue weighted by Crippen LogP contribution is -2.49. The molecule has 0 bridgehead atoms. The van der Waals surface area contributed by atoms with Crippen molar-refractivity contribution in [2.75, 3.05) is 13.1 Å².